The smallest absolute Gasteiger partial charge is 0.309 e. The third kappa shape index (κ3) is 1.12. The number of carbonyl (C=O) groups is 2. The van der Waals surface area contributed by atoms with Crippen molar-refractivity contribution in [1.82, 2.24) is 0 Å². The van der Waals surface area contributed by atoms with Crippen molar-refractivity contribution in [2.24, 2.45) is 17.3 Å². The first kappa shape index (κ1) is 8.53. The molecule has 3 unspecified atom stereocenters. The maximum Gasteiger partial charge on any atom is 0.309 e. The molecule has 4 heteroatoms. The SMILES string of the molecule is O=C(O)C1CCC2(C(=O)O)CC2C1. The van der Waals surface area contributed by atoms with Gasteiger partial charge in [0.1, 0.15) is 0 Å². The van der Waals surface area contributed by atoms with E-state index in [9.17, 15) is 9.59 Å². The Hall–Kier alpha value is -1.06. The molecule has 2 aliphatic carbocycles. The molecule has 0 spiro atoms. The summed E-state index contributed by atoms with van der Waals surface area (Å²) in [5.74, 6) is -1.69. The Balaban J connectivity index is 2.03. The Morgan fingerprint density at radius 1 is 1.31 bits per heavy atom. The van der Waals surface area contributed by atoms with Crippen LogP contribution in [0.2, 0.25) is 0 Å². The number of hydrogen-bond donors (Lipinski definition) is 2. The summed E-state index contributed by atoms with van der Waals surface area (Å²) in [5.41, 5.74) is -0.536. The summed E-state index contributed by atoms with van der Waals surface area (Å²) in [6, 6.07) is 0. The van der Waals surface area contributed by atoms with E-state index in [1.54, 1.807) is 0 Å². The largest absolute Gasteiger partial charge is 0.481 e. The van der Waals surface area contributed by atoms with Crippen LogP contribution < -0.4 is 0 Å². The van der Waals surface area contributed by atoms with Crippen LogP contribution in [-0.2, 0) is 9.59 Å². The van der Waals surface area contributed by atoms with Gasteiger partial charge in [0, 0.05) is 0 Å². The zero-order valence-corrected chi connectivity index (χ0v) is 7.19. The lowest BCUT2D eigenvalue weighted by atomic mass is 9.82. The highest BCUT2D eigenvalue weighted by molar-refractivity contribution is 5.80. The normalized spacial score (nSPS) is 42.2. The van der Waals surface area contributed by atoms with Gasteiger partial charge in [-0.25, -0.2) is 0 Å². The lowest BCUT2D eigenvalue weighted by Crippen LogP contribution is -2.27. The van der Waals surface area contributed by atoms with Crippen LogP contribution >= 0.6 is 0 Å². The molecule has 2 N–H and O–H groups in total. The zero-order valence-electron chi connectivity index (χ0n) is 7.19. The summed E-state index contributed by atoms with van der Waals surface area (Å²) in [6.45, 7) is 0. The van der Waals surface area contributed by atoms with Crippen molar-refractivity contribution in [2.45, 2.75) is 25.7 Å². The van der Waals surface area contributed by atoms with E-state index < -0.39 is 17.4 Å². The van der Waals surface area contributed by atoms with Gasteiger partial charge in [-0.3, -0.25) is 9.59 Å². The number of carboxylic acids is 2. The molecule has 3 atom stereocenters. The number of fused-ring (bicyclic) bond motifs is 1. The molecule has 0 aliphatic heterocycles. The van der Waals surface area contributed by atoms with Crippen LogP contribution in [0, 0.1) is 17.3 Å². The molecule has 0 bridgehead atoms. The van der Waals surface area contributed by atoms with Crippen LogP contribution in [0.15, 0.2) is 0 Å². The standard InChI is InChI=1S/C9H12O4/c10-7(11)5-1-2-9(8(12)13)4-6(9)3-5/h5-6H,1-4H2,(H,10,11)(H,12,13). The van der Waals surface area contributed by atoms with Gasteiger partial charge in [0.25, 0.3) is 0 Å². The fourth-order valence-electron chi connectivity index (χ4n) is 2.48. The van der Waals surface area contributed by atoms with Crippen LogP contribution in [0.3, 0.4) is 0 Å². The first-order valence-electron chi connectivity index (χ1n) is 4.52. The van der Waals surface area contributed by atoms with Gasteiger partial charge in [0.05, 0.1) is 11.3 Å². The Morgan fingerprint density at radius 2 is 2.00 bits per heavy atom. The van der Waals surface area contributed by atoms with Gasteiger partial charge < -0.3 is 10.2 Å². The lowest BCUT2D eigenvalue weighted by molar-refractivity contribution is -0.149. The third-order valence-electron chi connectivity index (χ3n) is 3.52. The minimum atomic E-state index is -0.772. The topological polar surface area (TPSA) is 74.6 Å². The highest BCUT2D eigenvalue weighted by atomic mass is 16.4. The first-order valence-corrected chi connectivity index (χ1v) is 4.52. The maximum atomic E-state index is 10.8. The zero-order chi connectivity index (χ0) is 9.64. The predicted octanol–water partition coefficient (Wildman–Crippen LogP) is 0.962. The molecule has 2 aliphatic rings. The molecule has 72 valence electrons. The summed E-state index contributed by atoms with van der Waals surface area (Å²) in [6.07, 6.45) is 2.32. The van der Waals surface area contributed by atoms with E-state index in [2.05, 4.69) is 0 Å². The molecule has 0 heterocycles. The average Bonchev–Trinajstić information content (AvgIpc) is 2.77. The van der Waals surface area contributed by atoms with Gasteiger partial charge in [-0.05, 0) is 31.6 Å². The second-order valence-electron chi connectivity index (χ2n) is 4.17. The molecule has 2 fully saturated rings. The summed E-state index contributed by atoms with van der Waals surface area (Å²) in [4.78, 5) is 21.5. The minimum Gasteiger partial charge on any atom is -0.481 e. The van der Waals surface area contributed by atoms with E-state index in [0.29, 0.717) is 25.7 Å². The molecule has 0 aromatic carbocycles. The Labute approximate surface area is 75.6 Å². The van der Waals surface area contributed by atoms with Crippen molar-refractivity contribution in [1.29, 1.82) is 0 Å². The van der Waals surface area contributed by atoms with Crippen molar-refractivity contribution in [2.75, 3.05) is 0 Å². The van der Waals surface area contributed by atoms with E-state index in [4.69, 9.17) is 10.2 Å². The molecule has 13 heavy (non-hydrogen) atoms. The van der Waals surface area contributed by atoms with Crippen molar-refractivity contribution in [3.05, 3.63) is 0 Å². The molecular formula is C9H12O4. The summed E-state index contributed by atoms with van der Waals surface area (Å²) < 4.78 is 0. The molecule has 2 rings (SSSR count). The summed E-state index contributed by atoms with van der Waals surface area (Å²) in [5, 5.41) is 17.7. The Bertz CT molecular complexity index is 273. The van der Waals surface area contributed by atoms with Gasteiger partial charge >= 0.3 is 11.9 Å². The Morgan fingerprint density at radius 3 is 2.46 bits per heavy atom. The average molecular weight is 184 g/mol. The van der Waals surface area contributed by atoms with Crippen LogP contribution in [0.4, 0.5) is 0 Å². The monoisotopic (exact) mass is 184 g/mol. The fourth-order valence-corrected chi connectivity index (χ4v) is 2.48. The van der Waals surface area contributed by atoms with E-state index in [-0.39, 0.29) is 11.8 Å². The molecule has 0 saturated heterocycles. The van der Waals surface area contributed by atoms with Crippen LogP contribution in [0.5, 0.6) is 0 Å². The minimum absolute atomic E-state index is 0.125. The van der Waals surface area contributed by atoms with Crippen LogP contribution in [0.25, 0.3) is 0 Å². The molecule has 0 aromatic rings. The quantitative estimate of drug-likeness (QED) is 0.670. The molecule has 0 radical (unpaired) electrons. The molecule has 0 amide bonds. The lowest BCUT2D eigenvalue weighted by Gasteiger charge is -2.22. The van der Waals surface area contributed by atoms with Gasteiger partial charge in [-0.2, -0.15) is 0 Å². The van der Waals surface area contributed by atoms with Crippen molar-refractivity contribution < 1.29 is 19.8 Å². The number of hydrogen-bond acceptors (Lipinski definition) is 2. The second kappa shape index (κ2) is 2.47. The number of rotatable bonds is 2. The molecule has 2 saturated carbocycles. The summed E-state index contributed by atoms with van der Waals surface area (Å²) in [7, 11) is 0. The van der Waals surface area contributed by atoms with E-state index in [0.717, 1.165) is 0 Å². The molecule has 4 nitrogen and oxygen atoms in total. The van der Waals surface area contributed by atoms with Gasteiger partial charge in [-0.1, -0.05) is 0 Å². The van der Waals surface area contributed by atoms with Crippen molar-refractivity contribution in [3.8, 4) is 0 Å². The fraction of sp³-hybridized carbons (Fsp3) is 0.778. The molecular weight excluding hydrogens is 172 g/mol. The Kier molecular flexibility index (Phi) is 1.62. The van der Waals surface area contributed by atoms with E-state index in [1.165, 1.54) is 0 Å². The summed E-state index contributed by atoms with van der Waals surface area (Å²) >= 11 is 0. The van der Waals surface area contributed by atoms with E-state index in [1.807, 2.05) is 0 Å². The van der Waals surface area contributed by atoms with Gasteiger partial charge in [0.2, 0.25) is 0 Å². The maximum absolute atomic E-state index is 10.8. The predicted molar refractivity (Wildman–Crippen MR) is 43.2 cm³/mol. The number of aliphatic carboxylic acids is 2. The first-order chi connectivity index (χ1) is 6.06. The van der Waals surface area contributed by atoms with Crippen LogP contribution in [-0.4, -0.2) is 22.2 Å². The van der Waals surface area contributed by atoms with Crippen LogP contribution in [0.1, 0.15) is 25.7 Å². The molecule has 0 aromatic heterocycles. The van der Waals surface area contributed by atoms with E-state index >= 15 is 0 Å². The highest BCUT2D eigenvalue weighted by Gasteiger charge is 2.62. The highest BCUT2D eigenvalue weighted by Crippen LogP contribution is 2.62. The third-order valence-corrected chi connectivity index (χ3v) is 3.52. The van der Waals surface area contributed by atoms with Gasteiger partial charge in [-0.15, -0.1) is 0 Å². The second-order valence-corrected chi connectivity index (χ2v) is 4.17. The van der Waals surface area contributed by atoms with Crippen molar-refractivity contribution >= 4 is 11.9 Å². The van der Waals surface area contributed by atoms with Crippen molar-refractivity contribution in [3.63, 3.8) is 0 Å². The number of carboxylic acid groups (broad SMARTS) is 2. The van der Waals surface area contributed by atoms with Gasteiger partial charge in [0.15, 0.2) is 0 Å².